The molecule has 5 heteroatoms. The van der Waals surface area contributed by atoms with Crippen molar-refractivity contribution in [2.24, 2.45) is 0 Å². The van der Waals surface area contributed by atoms with Gasteiger partial charge in [0.15, 0.2) is 0 Å². The van der Waals surface area contributed by atoms with Crippen molar-refractivity contribution in [3.63, 3.8) is 0 Å². The Morgan fingerprint density at radius 2 is 1.90 bits per heavy atom. The van der Waals surface area contributed by atoms with Crippen molar-refractivity contribution in [1.29, 1.82) is 5.26 Å². The minimum absolute atomic E-state index is 0.0173. The van der Waals surface area contributed by atoms with Gasteiger partial charge in [-0.15, -0.1) is 0 Å². The van der Waals surface area contributed by atoms with Gasteiger partial charge in [-0.2, -0.15) is 5.26 Å². The molecule has 0 radical (unpaired) electrons. The maximum absolute atomic E-state index is 13.7. The number of halogens is 2. The molecule has 3 nitrogen and oxygen atoms in total. The van der Waals surface area contributed by atoms with Crippen LogP contribution in [0.3, 0.4) is 0 Å². The van der Waals surface area contributed by atoms with Gasteiger partial charge in [0.25, 0.3) is 0 Å². The molecule has 0 unspecified atom stereocenters. The average Bonchev–Trinajstić information content (AvgIpc) is 2.46. The molecule has 2 aromatic carbocycles. The van der Waals surface area contributed by atoms with Gasteiger partial charge in [0.05, 0.1) is 18.7 Å². The number of methoxy groups -OCH3 is 1. The number of nitrogens with one attached hydrogen (secondary N) is 1. The number of hydrogen-bond donors (Lipinski definition) is 1. The van der Waals surface area contributed by atoms with E-state index in [9.17, 15) is 8.78 Å². The van der Waals surface area contributed by atoms with Crippen molar-refractivity contribution in [1.82, 2.24) is 0 Å². The maximum atomic E-state index is 13.7. The van der Waals surface area contributed by atoms with Crippen LogP contribution in [0.25, 0.3) is 0 Å². The predicted molar refractivity (Wildman–Crippen MR) is 71.4 cm³/mol. The summed E-state index contributed by atoms with van der Waals surface area (Å²) in [4.78, 5) is 0. The Labute approximate surface area is 115 Å². The minimum Gasteiger partial charge on any atom is -0.497 e. The second-order valence-electron chi connectivity index (χ2n) is 4.12. The molecule has 0 aliphatic rings. The Morgan fingerprint density at radius 1 is 1.20 bits per heavy atom. The fraction of sp³-hybridized carbons (Fsp3) is 0.133. The SMILES string of the molecule is COc1cccc(NCc2c(F)cc(C#N)cc2F)c1. The van der Waals surface area contributed by atoms with E-state index in [1.165, 1.54) is 0 Å². The quantitative estimate of drug-likeness (QED) is 0.928. The van der Waals surface area contributed by atoms with Gasteiger partial charge in [0.2, 0.25) is 0 Å². The highest BCUT2D eigenvalue weighted by Gasteiger charge is 2.11. The summed E-state index contributed by atoms with van der Waals surface area (Å²) in [5.41, 5.74) is 0.546. The van der Waals surface area contributed by atoms with Gasteiger partial charge in [-0.3, -0.25) is 0 Å². The number of hydrogen-bond acceptors (Lipinski definition) is 3. The Kier molecular flexibility index (Phi) is 4.16. The third-order valence-corrected chi connectivity index (χ3v) is 2.81. The zero-order chi connectivity index (χ0) is 14.5. The monoisotopic (exact) mass is 274 g/mol. The van der Waals surface area contributed by atoms with Crippen LogP contribution in [0.5, 0.6) is 5.75 Å². The van der Waals surface area contributed by atoms with Gasteiger partial charge in [-0.1, -0.05) is 6.07 Å². The fourth-order valence-corrected chi connectivity index (χ4v) is 1.76. The van der Waals surface area contributed by atoms with Gasteiger partial charge in [0.1, 0.15) is 17.4 Å². The van der Waals surface area contributed by atoms with Crippen molar-refractivity contribution < 1.29 is 13.5 Å². The van der Waals surface area contributed by atoms with Crippen molar-refractivity contribution in [2.75, 3.05) is 12.4 Å². The smallest absolute Gasteiger partial charge is 0.132 e. The van der Waals surface area contributed by atoms with Crippen LogP contribution in [0.15, 0.2) is 36.4 Å². The van der Waals surface area contributed by atoms with E-state index in [0.29, 0.717) is 11.4 Å². The summed E-state index contributed by atoms with van der Waals surface area (Å²) in [7, 11) is 1.54. The second-order valence-corrected chi connectivity index (χ2v) is 4.12. The Morgan fingerprint density at radius 3 is 2.50 bits per heavy atom. The summed E-state index contributed by atoms with van der Waals surface area (Å²) >= 11 is 0. The molecule has 2 rings (SSSR count). The van der Waals surface area contributed by atoms with Crippen LogP contribution < -0.4 is 10.1 Å². The lowest BCUT2D eigenvalue weighted by Crippen LogP contribution is -2.05. The summed E-state index contributed by atoms with van der Waals surface area (Å²) in [6.45, 7) is -0.0173. The van der Waals surface area contributed by atoms with E-state index in [1.807, 2.05) is 0 Å². The number of rotatable bonds is 4. The molecule has 0 aliphatic carbocycles. The van der Waals surface area contributed by atoms with E-state index in [2.05, 4.69) is 5.32 Å². The van der Waals surface area contributed by atoms with E-state index in [4.69, 9.17) is 10.00 Å². The molecule has 0 amide bonds. The molecule has 0 bridgehead atoms. The molecule has 0 heterocycles. The standard InChI is InChI=1S/C15H12F2N2O/c1-20-12-4-2-3-11(7-12)19-9-13-14(16)5-10(8-18)6-15(13)17/h2-7,19H,9H2,1H3. The fourth-order valence-electron chi connectivity index (χ4n) is 1.76. The van der Waals surface area contributed by atoms with Crippen LogP contribution in [0, 0.1) is 23.0 Å². The lowest BCUT2D eigenvalue weighted by Gasteiger charge is -2.10. The average molecular weight is 274 g/mol. The molecule has 0 atom stereocenters. The van der Waals surface area contributed by atoms with Crippen molar-refractivity contribution in [2.45, 2.75) is 6.54 Å². The highest BCUT2D eigenvalue weighted by molar-refractivity contribution is 5.49. The number of anilines is 1. The van der Waals surface area contributed by atoms with Crippen LogP contribution in [0.1, 0.15) is 11.1 Å². The van der Waals surface area contributed by atoms with E-state index in [1.54, 1.807) is 37.4 Å². The zero-order valence-electron chi connectivity index (χ0n) is 10.8. The molecule has 0 aliphatic heterocycles. The summed E-state index contributed by atoms with van der Waals surface area (Å²) < 4.78 is 32.4. The molecule has 2 aromatic rings. The molecule has 0 fully saturated rings. The molecule has 0 aromatic heterocycles. The minimum atomic E-state index is -0.739. The van der Waals surface area contributed by atoms with Crippen molar-refractivity contribution in [3.8, 4) is 11.8 Å². The first kappa shape index (κ1) is 13.8. The maximum Gasteiger partial charge on any atom is 0.132 e. The van der Waals surface area contributed by atoms with Gasteiger partial charge in [-0.25, -0.2) is 8.78 Å². The van der Waals surface area contributed by atoms with Crippen LogP contribution in [0.4, 0.5) is 14.5 Å². The normalized spacial score (nSPS) is 9.90. The number of nitriles is 1. The molecular weight excluding hydrogens is 262 g/mol. The van der Waals surface area contributed by atoms with Crippen molar-refractivity contribution >= 4 is 5.69 Å². The predicted octanol–water partition coefficient (Wildman–Crippen LogP) is 3.46. The second kappa shape index (κ2) is 6.02. The summed E-state index contributed by atoms with van der Waals surface area (Å²) in [5, 5.41) is 11.5. The first-order valence-electron chi connectivity index (χ1n) is 5.90. The number of benzene rings is 2. The lowest BCUT2D eigenvalue weighted by molar-refractivity contribution is 0.415. The van der Waals surface area contributed by atoms with Gasteiger partial charge in [-0.05, 0) is 24.3 Å². The number of ether oxygens (including phenoxy) is 1. The van der Waals surface area contributed by atoms with E-state index in [-0.39, 0.29) is 17.7 Å². The Balaban J connectivity index is 2.17. The first-order valence-corrected chi connectivity index (χ1v) is 5.90. The molecule has 1 N–H and O–H groups in total. The Hall–Kier alpha value is -2.61. The van der Waals surface area contributed by atoms with Gasteiger partial charge < -0.3 is 10.1 Å². The summed E-state index contributed by atoms with van der Waals surface area (Å²) in [6.07, 6.45) is 0. The van der Waals surface area contributed by atoms with Crippen LogP contribution in [-0.2, 0) is 6.54 Å². The van der Waals surface area contributed by atoms with Gasteiger partial charge >= 0.3 is 0 Å². The van der Waals surface area contributed by atoms with Crippen LogP contribution >= 0.6 is 0 Å². The van der Waals surface area contributed by atoms with Gasteiger partial charge in [0, 0.05) is 23.9 Å². The summed E-state index contributed by atoms with van der Waals surface area (Å²) in [6, 6.07) is 10.8. The molecule has 0 saturated heterocycles. The van der Waals surface area contributed by atoms with E-state index < -0.39 is 11.6 Å². The third kappa shape index (κ3) is 3.04. The van der Waals surface area contributed by atoms with E-state index >= 15 is 0 Å². The molecule has 20 heavy (non-hydrogen) atoms. The molecule has 0 spiro atoms. The highest BCUT2D eigenvalue weighted by Crippen LogP contribution is 2.20. The molecule has 102 valence electrons. The van der Waals surface area contributed by atoms with Crippen LogP contribution in [0.2, 0.25) is 0 Å². The highest BCUT2D eigenvalue weighted by atomic mass is 19.1. The lowest BCUT2D eigenvalue weighted by atomic mass is 10.1. The first-order chi connectivity index (χ1) is 9.63. The Bertz CT molecular complexity index is 642. The van der Waals surface area contributed by atoms with Crippen LogP contribution in [-0.4, -0.2) is 7.11 Å². The van der Waals surface area contributed by atoms with E-state index in [0.717, 1.165) is 12.1 Å². The number of nitrogens with zero attached hydrogens (tertiary/aromatic N) is 1. The third-order valence-electron chi connectivity index (χ3n) is 2.81. The molecule has 0 saturated carbocycles. The largest absolute Gasteiger partial charge is 0.497 e. The van der Waals surface area contributed by atoms with Crippen molar-refractivity contribution in [3.05, 3.63) is 59.2 Å². The summed E-state index contributed by atoms with van der Waals surface area (Å²) in [5.74, 6) is -0.829. The zero-order valence-corrected chi connectivity index (χ0v) is 10.8. The molecular formula is C15H12F2N2O. The topological polar surface area (TPSA) is 45.0 Å².